The molecule has 0 aliphatic rings. The quantitative estimate of drug-likeness (QED) is 0.629. The molecule has 3 rings (SSSR count). The monoisotopic (exact) mass is 394 g/mol. The molecule has 0 aliphatic heterocycles. The summed E-state index contributed by atoms with van der Waals surface area (Å²) in [6.07, 6.45) is 0. The van der Waals surface area contributed by atoms with Gasteiger partial charge in [0.15, 0.2) is 11.0 Å². The van der Waals surface area contributed by atoms with E-state index in [0.29, 0.717) is 11.7 Å². The summed E-state index contributed by atoms with van der Waals surface area (Å²) in [6, 6.07) is 7.32. The summed E-state index contributed by atoms with van der Waals surface area (Å²) in [5.74, 6) is -1.40. The van der Waals surface area contributed by atoms with Gasteiger partial charge in [-0.15, -0.1) is 21.5 Å². The number of thioether (sulfide) groups is 1. The van der Waals surface area contributed by atoms with E-state index in [-0.39, 0.29) is 0 Å². The molecule has 2 heterocycles. The molecule has 0 saturated carbocycles. The summed E-state index contributed by atoms with van der Waals surface area (Å²) in [5.41, 5.74) is -0.443. The number of carbonyl (C=O) groups excluding carboxylic acids is 1. The first-order chi connectivity index (χ1) is 12.5. The number of para-hydroxylation sites is 1. The van der Waals surface area contributed by atoms with Gasteiger partial charge in [0.05, 0.1) is 10.1 Å². The Bertz CT molecular complexity index is 891. The summed E-state index contributed by atoms with van der Waals surface area (Å²) in [5, 5.41) is 12.6. The van der Waals surface area contributed by atoms with Crippen molar-refractivity contribution in [2.75, 3.05) is 5.32 Å². The maximum atomic E-state index is 13.7. The van der Waals surface area contributed by atoms with Gasteiger partial charge in [-0.2, -0.15) is 0 Å². The highest BCUT2D eigenvalue weighted by atomic mass is 32.2. The summed E-state index contributed by atoms with van der Waals surface area (Å²) >= 11 is 2.74. The maximum Gasteiger partial charge on any atom is 0.237 e. The van der Waals surface area contributed by atoms with Gasteiger partial charge in [0.1, 0.15) is 17.3 Å². The van der Waals surface area contributed by atoms with Gasteiger partial charge >= 0.3 is 0 Å². The van der Waals surface area contributed by atoms with Gasteiger partial charge in [-0.25, -0.2) is 8.78 Å². The number of rotatable bonds is 6. The zero-order valence-electron chi connectivity index (χ0n) is 14.1. The van der Waals surface area contributed by atoms with Crippen LogP contribution in [0, 0.1) is 11.6 Å². The Hall–Kier alpha value is -2.26. The van der Waals surface area contributed by atoms with Crippen LogP contribution in [0.5, 0.6) is 0 Å². The van der Waals surface area contributed by atoms with Crippen molar-refractivity contribution in [3.05, 3.63) is 47.3 Å². The molecule has 1 aromatic carbocycles. The highest BCUT2D eigenvalue weighted by molar-refractivity contribution is 8.00. The lowest BCUT2D eigenvalue weighted by atomic mass is 10.3. The van der Waals surface area contributed by atoms with Crippen LogP contribution in [0.25, 0.3) is 10.7 Å². The molecule has 0 radical (unpaired) electrons. The van der Waals surface area contributed by atoms with E-state index in [1.54, 1.807) is 18.3 Å². The molecule has 3 aromatic rings. The molecule has 26 heavy (non-hydrogen) atoms. The standard InChI is InChI=1S/C17H16F2N4OS2/c1-3-23-15(13-8-5-9-25-13)21-22-17(23)26-10(2)16(24)20-14-11(18)6-4-7-12(14)19/h4-10H,3H2,1-2H3,(H,20,24)/t10-/m0/s1. The van der Waals surface area contributed by atoms with Crippen LogP contribution in [-0.4, -0.2) is 25.9 Å². The second-order valence-corrected chi connectivity index (χ2v) is 7.63. The number of nitrogens with zero attached hydrogens (tertiary/aromatic N) is 3. The Kier molecular flexibility index (Phi) is 5.67. The molecule has 1 N–H and O–H groups in total. The Balaban J connectivity index is 1.76. The summed E-state index contributed by atoms with van der Waals surface area (Å²) in [6.45, 7) is 4.25. The Morgan fingerprint density at radius 2 is 2.00 bits per heavy atom. The van der Waals surface area contributed by atoms with Crippen molar-refractivity contribution in [1.82, 2.24) is 14.8 Å². The van der Waals surface area contributed by atoms with Crippen LogP contribution in [0.3, 0.4) is 0 Å². The van der Waals surface area contributed by atoms with E-state index < -0.39 is 28.5 Å². The molecule has 0 unspecified atom stereocenters. The third-order valence-corrected chi connectivity index (χ3v) is 5.58. The summed E-state index contributed by atoms with van der Waals surface area (Å²) in [7, 11) is 0. The van der Waals surface area contributed by atoms with Gasteiger partial charge < -0.3 is 9.88 Å². The van der Waals surface area contributed by atoms with Crippen molar-refractivity contribution in [2.24, 2.45) is 0 Å². The molecule has 1 atom stereocenters. The molecule has 0 aliphatic carbocycles. The number of hydrogen-bond acceptors (Lipinski definition) is 5. The molecule has 5 nitrogen and oxygen atoms in total. The number of halogens is 2. The van der Waals surface area contributed by atoms with Gasteiger partial charge in [-0.3, -0.25) is 4.79 Å². The van der Waals surface area contributed by atoms with E-state index in [1.807, 2.05) is 29.0 Å². The van der Waals surface area contributed by atoms with Crippen LogP contribution in [-0.2, 0) is 11.3 Å². The van der Waals surface area contributed by atoms with Crippen LogP contribution in [0.2, 0.25) is 0 Å². The van der Waals surface area contributed by atoms with Crippen LogP contribution >= 0.6 is 23.1 Å². The largest absolute Gasteiger partial charge is 0.320 e. The third kappa shape index (κ3) is 3.78. The van der Waals surface area contributed by atoms with Crippen molar-refractivity contribution in [3.8, 4) is 10.7 Å². The van der Waals surface area contributed by atoms with Crippen LogP contribution < -0.4 is 5.32 Å². The molecule has 136 valence electrons. The lowest BCUT2D eigenvalue weighted by molar-refractivity contribution is -0.115. The first-order valence-corrected chi connectivity index (χ1v) is 9.65. The number of nitrogens with one attached hydrogen (secondary N) is 1. The normalized spacial score (nSPS) is 12.2. The minimum Gasteiger partial charge on any atom is -0.320 e. The first kappa shape index (κ1) is 18.5. The molecule has 0 fully saturated rings. The second kappa shape index (κ2) is 7.96. The van der Waals surface area contributed by atoms with Crippen LogP contribution in [0.15, 0.2) is 40.9 Å². The molecule has 9 heteroatoms. The number of thiophene rings is 1. The molecule has 1 amide bonds. The summed E-state index contributed by atoms with van der Waals surface area (Å²) < 4.78 is 29.3. The smallest absolute Gasteiger partial charge is 0.237 e. The summed E-state index contributed by atoms with van der Waals surface area (Å²) in [4.78, 5) is 13.3. The minimum atomic E-state index is -0.813. The lowest BCUT2D eigenvalue weighted by Crippen LogP contribution is -2.24. The van der Waals surface area contributed by atoms with Crippen molar-refractivity contribution in [1.29, 1.82) is 0 Å². The van der Waals surface area contributed by atoms with E-state index in [9.17, 15) is 13.6 Å². The third-order valence-electron chi connectivity index (χ3n) is 3.64. The predicted octanol–water partition coefficient (Wildman–Crippen LogP) is 4.42. The fourth-order valence-electron chi connectivity index (χ4n) is 2.30. The highest BCUT2D eigenvalue weighted by Crippen LogP contribution is 2.29. The van der Waals surface area contributed by atoms with Crippen molar-refractivity contribution in [2.45, 2.75) is 30.8 Å². The number of carbonyl (C=O) groups is 1. The Labute approximate surface area is 157 Å². The van der Waals surface area contributed by atoms with E-state index in [4.69, 9.17) is 0 Å². The van der Waals surface area contributed by atoms with Crippen molar-refractivity contribution >= 4 is 34.7 Å². The lowest BCUT2D eigenvalue weighted by Gasteiger charge is -2.13. The average Bonchev–Trinajstić information content (AvgIpc) is 3.27. The van der Waals surface area contributed by atoms with Gasteiger partial charge in [-0.05, 0) is 37.4 Å². The number of aromatic nitrogens is 3. The number of anilines is 1. The Morgan fingerprint density at radius 3 is 2.62 bits per heavy atom. The fraction of sp³-hybridized carbons (Fsp3) is 0.235. The molecule has 2 aromatic heterocycles. The molecule has 0 saturated heterocycles. The van der Waals surface area contributed by atoms with Gasteiger partial charge in [0.2, 0.25) is 5.91 Å². The average molecular weight is 394 g/mol. The zero-order chi connectivity index (χ0) is 18.7. The zero-order valence-corrected chi connectivity index (χ0v) is 15.7. The van der Waals surface area contributed by atoms with Gasteiger partial charge in [-0.1, -0.05) is 23.9 Å². The minimum absolute atomic E-state index is 0.443. The van der Waals surface area contributed by atoms with Gasteiger partial charge in [0.25, 0.3) is 0 Å². The molecule has 0 spiro atoms. The van der Waals surface area contributed by atoms with E-state index in [2.05, 4.69) is 15.5 Å². The Morgan fingerprint density at radius 1 is 1.27 bits per heavy atom. The van der Waals surface area contributed by atoms with Crippen LogP contribution in [0.1, 0.15) is 13.8 Å². The predicted molar refractivity (Wildman–Crippen MR) is 99.3 cm³/mol. The molecule has 0 bridgehead atoms. The van der Waals surface area contributed by atoms with E-state index in [1.165, 1.54) is 17.8 Å². The van der Waals surface area contributed by atoms with Crippen LogP contribution in [0.4, 0.5) is 14.5 Å². The van der Waals surface area contributed by atoms with E-state index >= 15 is 0 Å². The number of amides is 1. The number of hydrogen-bond donors (Lipinski definition) is 1. The highest BCUT2D eigenvalue weighted by Gasteiger charge is 2.22. The topological polar surface area (TPSA) is 59.8 Å². The van der Waals surface area contributed by atoms with E-state index in [0.717, 1.165) is 22.8 Å². The maximum absolute atomic E-state index is 13.7. The fourth-order valence-corrected chi connectivity index (χ4v) is 3.93. The molecular formula is C17H16F2N4OS2. The second-order valence-electron chi connectivity index (χ2n) is 5.37. The molecular weight excluding hydrogens is 378 g/mol. The first-order valence-electron chi connectivity index (χ1n) is 7.89. The van der Waals surface area contributed by atoms with Crippen molar-refractivity contribution in [3.63, 3.8) is 0 Å². The number of benzene rings is 1. The van der Waals surface area contributed by atoms with Gasteiger partial charge in [0, 0.05) is 6.54 Å². The van der Waals surface area contributed by atoms with Crippen molar-refractivity contribution < 1.29 is 13.6 Å². The SMILES string of the molecule is CCn1c(S[C@@H](C)C(=O)Nc2c(F)cccc2F)nnc1-c1cccs1.